The van der Waals surface area contributed by atoms with Gasteiger partial charge in [-0.15, -0.1) is 0 Å². The number of nitro groups is 10. The molecule has 0 aliphatic carbocycles. The van der Waals surface area contributed by atoms with Crippen LogP contribution in [-0.2, 0) is 0 Å². The Kier molecular flexibility index (Phi) is 9.20. The monoisotopic (exact) mass is 711 g/mol. The Balaban J connectivity index is 2.56. The summed E-state index contributed by atoms with van der Waals surface area (Å²) in [5.74, 6) is -3.22. The van der Waals surface area contributed by atoms with E-state index in [-0.39, 0.29) is 18.2 Å². The Morgan fingerprint density at radius 1 is 0.340 bits per heavy atom. The van der Waals surface area contributed by atoms with Gasteiger partial charge in [-0.1, -0.05) is 0 Å². The molecule has 0 atom stereocenters. The van der Waals surface area contributed by atoms with Gasteiger partial charge in [0.2, 0.25) is 23.0 Å². The lowest BCUT2D eigenvalue weighted by Crippen LogP contribution is -2.11. The summed E-state index contributed by atoms with van der Waals surface area (Å²) in [6, 6.07) is -0.494. The molecule has 1 aromatic heterocycles. The van der Waals surface area contributed by atoms with E-state index in [1.165, 1.54) is 0 Å². The Morgan fingerprint density at radius 2 is 0.580 bits per heavy atom. The zero-order valence-corrected chi connectivity index (χ0v) is 22.8. The van der Waals surface area contributed by atoms with Crippen LogP contribution in [-0.4, -0.2) is 54.2 Å². The van der Waals surface area contributed by atoms with Gasteiger partial charge in [0.1, 0.15) is 18.2 Å². The van der Waals surface area contributed by atoms with Gasteiger partial charge in [-0.2, -0.15) is 4.98 Å². The Morgan fingerprint density at radius 3 is 0.800 bits per heavy atom. The first kappa shape index (κ1) is 35.7. The molecule has 0 unspecified atom stereocenters. The minimum Gasteiger partial charge on any atom is -0.323 e. The lowest BCUT2D eigenvalue weighted by atomic mass is 10.1. The summed E-state index contributed by atoms with van der Waals surface area (Å²) < 4.78 is 0. The summed E-state index contributed by atoms with van der Waals surface area (Å²) in [5.41, 5.74) is -22.2. The van der Waals surface area contributed by atoms with Crippen LogP contribution in [0.15, 0.2) is 18.2 Å². The minimum atomic E-state index is -2.09. The second-order valence-electron chi connectivity index (χ2n) is 8.52. The number of aromatic nitrogens is 1. The number of nitro benzene ring substituents is 8. The van der Waals surface area contributed by atoms with Crippen LogP contribution in [0.5, 0.6) is 0 Å². The normalized spacial score (nSPS) is 10.4. The zero-order chi connectivity index (χ0) is 38.1. The van der Waals surface area contributed by atoms with Crippen LogP contribution in [0, 0.1) is 101 Å². The van der Waals surface area contributed by atoms with E-state index in [1.54, 1.807) is 10.6 Å². The number of anilines is 4. The number of rotatable bonds is 14. The van der Waals surface area contributed by atoms with E-state index in [4.69, 9.17) is 0 Å². The maximum Gasteiger partial charge on any atom is 0.425 e. The lowest BCUT2D eigenvalue weighted by molar-refractivity contribution is -0.442. The summed E-state index contributed by atoms with van der Waals surface area (Å²) in [6.45, 7) is 0. The average molecular weight is 711 g/mol. The summed E-state index contributed by atoms with van der Waals surface area (Å²) >= 11 is 0. The van der Waals surface area contributed by atoms with Crippen LogP contribution in [0.25, 0.3) is 0 Å². The van der Waals surface area contributed by atoms with Gasteiger partial charge in [0, 0.05) is 0 Å². The van der Waals surface area contributed by atoms with Gasteiger partial charge in [0.05, 0.1) is 49.2 Å². The highest BCUT2D eigenvalue weighted by atomic mass is 16.7. The fraction of sp³-hybridized carbons (Fsp3) is 0. The van der Waals surface area contributed by atoms with E-state index in [0.29, 0.717) is 0 Å². The molecule has 0 saturated carbocycles. The van der Waals surface area contributed by atoms with Crippen LogP contribution in [0.3, 0.4) is 0 Å². The molecule has 0 spiro atoms. The van der Waals surface area contributed by atoms with E-state index in [0.717, 1.165) is 0 Å². The van der Waals surface area contributed by atoms with E-state index in [2.05, 4.69) is 4.98 Å². The van der Waals surface area contributed by atoms with Gasteiger partial charge in [-0.3, -0.25) is 101 Å². The zero-order valence-electron chi connectivity index (χ0n) is 22.8. The first-order valence-electron chi connectivity index (χ1n) is 11.6. The smallest absolute Gasteiger partial charge is 0.323 e. The maximum atomic E-state index is 11.9. The van der Waals surface area contributed by atoms with Gasteiger partial charge in [-0.05, 0) is 0 Å². The number of nitrogens with one attached hydrogen (secondary N) is 2. The van der Waals surface area contributed by atoms with Gasteiger partial charge < -0.3 is 10.6 Å². The summed E-state index contributed by atoms with van der Waals surface area (Å²) in [6.07, 6.45) is 0. The summed E-state index contributed by atoms with van der Waals surface area (Å²) in [4.78, 5) is 103. The first-order chi connectivity index (χ1) is 23.1. The van der Waals surface area contributed by atoms with Gasteiger partial charge >= 0.3 is 56.9 Å². The van der Waals surface area contributed by atoms with Crippen molar-refractivity contribution in [3.63, 3.8) is 0 Å². The van der Waals surface area contributed by atoms with E-state index in [1.807, 2.05) is 0 Å². The molecule has 0 fully saturated rings. The van der Waals surface area contributed by atoms with Crippen molar-refractivity contribution in [2.45, 2.75) is 0 Å². The van der Waals surface area contributed by atoms with E-state index < -0.39 is 129 Å². The van der Waals surface area contributed by atoms with Crippen molar-refractivity contribution in [2.24, 2.45) is 0 Å². The highest BCUT2D eigenvalue weighted by Gasteiger charge is 2.47. The van der Waals surface area contributed by atoms with Crippen molar-refractivity contribution < 1.29 is 49.2 Å². The molecule has 33 nitrogen and oxygen atoms in total. The molecule has 0 saturated heterocycles. The number of hydrogen-bond acceptors (Lipinski definition) is 23. The van der Waals surface area contributed by atoms with Crippen molar-refractivity contribution in [2.75, 3.05) is 10.6 Å². The quantitative estimate of drug-likeness (QED) is 0.178. The van der Waals surface area contributed by atoms with Crippen LogP contribution in [0.1, 0.15) is 0 Å². The van der Waals surface area contributed by atoms with Gasteiger partial charge in [-0.25, -0.2) is 0 Å². The molecule has 50 heavy (non-hydrogen) atoms. The van der Waals surface area contributed by atoms with Crippen LogP contribution in [0.2, 0.25) is 0 Å². The number of pyridine rings is 1. The molecular formula is C17H5N13O20. The molecule has 0 amide bonds. The third kappa shape index (κ3) is 6.31. The van der Waals surface area contributed by atoms with Crippen LogP contribution in [0.4, 0.5) is 79.9 Å². The highest BCUT2D eigenvalue weighted by Crippen LogP contribution is 2.51. The molecule has 0 aliphatic rings. The summed E-state index contributed by atoms with van der Waals surface area (Å²) in [5, 5.41) is 120. The van der Waals surface area contributed by atoms with Crippen LogP contribution >= 0.6 is 0 Å². The van der Waals surface area contributed by atoms with Crippen LogP contribution < -0.4 is 10.6 Å². The predicted molar refractivity (Wildman–Crippen MR) is 150 cm³/mol. The minimum absolute atomic E-state index is 0.118. The lowest BCUT2D eigenvalue weighted by Gasteiger charge is -2.12. The van der Waals surface area contributed by atoms with Crippen molar-refractivity contribution in [1.82, 2.24) is 4.98 Å². The standard InChI is InChI=1S/C17H5N13O20/c31-21(32)4-1-6(23(35)36)12(27(43)44)14(29(47)48)10(4)18-16-8(25(39)40)3-9(26(41)42)17(20-16)19-11-5(22(33)34)2-7(24(37)38)13(28(45)46)15(11)30(49)50/h1-3H,(H2,18,19,20). The number of benzene rings is 2. The first-order valence-corrected chi connectivity index (χ1v) is 11.6. The Bertz CT molecular complexity index is 2020. The topological polar surface area (TPSA) is 468 Å². The number of nitrogens with zero attached hydrogens (tertiary/aromatic N) is 11. The van der Waals surface area contributed by atoms with Gasteiger partial charge in [0.15, 0.2) is 0 Å². The summed E-state index contributed by atoms with van der Waals surface area (Å²) in [7, 11) is 0. The predicted octanol–water partition coefficient (Wildman–Crippen LogP) is 3.65. The van der Waals surface area contributed by atoms with E-state index in [9.17, 15) is 101 Å². The highest BCUT2D eigenvalue weighted by molar-refractivity contribution is 5.92. The average Bonchev–Trinajstić information content (AvgIpc) is 2.98. The molecule has 3 rings (SSSR count). The molecule has 0 bridgehead atoms. The molecule has 33 heteroatoms. The SMILES string of the molecule is O=[N+]([O-])c1cc([N+](=O)[O-])c(Nc2c([N+](=O)[O-])cc([N+](=O)[O-])c([N+](=O)[O-])c2[N+](=O)[O-])nc1Nc1c([N+](=O)[O-])cc([N+](=O)[O-])c([N+](=O)[O-])c1[N+](=O)[O-]. The Hall–Kier alpha value is -8.81. The fourth-order valence-corrected chi connectivity index (χ4v) is 3.98. The van der Waals surface area contributed by atoms with Crippen molar-refractivity contribution in [3.05, 3.63) is 119 Å². The van der Waals surface area contributed by atoms with Gasteiger partial charge in [0.25, 0.3) is 0 Å². The maximum absolute atomic E-state index is 11.9. The van der Waals surface area contributed by atoms with E-state index >= 15 is 0 Å². The molecular weight excluding hydrogens is 706 g/mol. The molecule has 0 radical (unpaired) electrons. The fourth-order valence-electron chi connectivity index (χ4n) is 3.98. The third-order valence-electron chi connectivity index (χ3n) is 5.85. The third-order valence-corrected chi connectivity index (χ3v) is 5.85. The Labute approximate surface area is 264 Å². The second kappa shape index (κ2) is 12.9. The van der Waals surface area contributed by atoms with Crippen molar-refractivity contribution in [3.8, 4) is 0 Å². The molecule has 0 aliphatic heterocycles. The van der Waals surface area contributed by atoms with Crippen molar-refractivity contribution >= 4 is 79.9 Å². The second-order valence-corrected chi connectivity index (χ2v) is 8.52. The largest absolute Gasteiger partial charge is 0.425 e. The number of hydrogen-bond donors (Lipinski definition) is 2. The molecule has 3 aromatic rings. The molecule has 2 N–H and O–H groups in total. The van der Waals surface area contributed by atoms with Crippen molar-refractivity contribution in [1.29, 1.82) is 0 Å². The molecule has 2 aromatic carbocycles. The molecule has 258 valence electrons. The molecule has 1 heterocycles.